The fourth-order valence-electron chi connectivity index (χ4n) is 4.02. The van der Waals surface area contributed by atoms with Gasteiger partial charge >= 0.3 is 6.03 Å². The van der Waals surface area contributed by atoms with E-state index in [1.54, 1.807) is 43.3 Å². The molecule has 0 aliphatic carbocycles. The molecular formula is C26H27N3O6S. The minimum atomic E-state index is -4.14. The van der Waals surface area contributed by atoms with Gasteiger partial charge in [-0.2, -0.15) is 0 Å². The van der Waals surface area contributed by atoms with Gasteiger partial charge in [-0.15, -0.1) is 0 Å². The van der Waals surface area contributed by atoms with E-state index in [-0.39, 0.29) is 24.5 Å². The monoisotopic (exact) mass is 509 g/mol. The molecule has 0 fully saturated rings. The molecule has 3 aromatic carbocycles. The number of amides is 3. The fourth-order valence-corrected chi connectivity index (χ4v) is 5.18. The maximum atomic E-state index is 13.7. The molecule has 1 aliphatic rings. The van der Waals surface area contributed by atoms with Gasteiger partial charge in [0.25, 0.3) is 10.0 Å². The average molecular weight is 510 g/mol. The summed E-state index contributed by atoms with van der Waals surface area (Å²) in [7, 11) is -2.60. The molecule has 3 aromatic rings. The van der Waals surface area contributed by atoms with Gasteiger partial charge in [-0.1, -0.05) is 48.5 Å². The highest BCUT2D eigenvalue weighted by Gasteiger charge is 2.32. The van der Waals surface area contributed by atoms with Gasteiger partial charge in [0.15, 0.2) is 0 Å². The summed E-state index contributed by atoms with van der Waals surface area (Å²) in [6.07, 6.45) is 0.167. The van der Waals surface area contributed by atoms with Crippen LogP contribution in [0.1, 0.15) is 11.1 Å². The van der Waals surface area contributed by atoms with Crippen molar-refractivity contribution < 1.29 is 27.5 Å². The molecule has 0 spiro atoms. The Morgan fingerprint density at radius 3 is 2.50 bits per heavy atom. The summed E-state index contributed by atoms with van der Waals surface area (Å²) in [5.74, 6) is 0.679. The van der Waals surface area contributed by atoms with Crippen LogP contribution < -0.4 is 24.4 Å². The standard InChI is InChI=1S/C26H27N3O6S/c1-18-8-6-7-11-24(18)36(32,33)28-26(31)27-21(16-19-9-4-3-5-10-19)25(30)29-14-15-35-23-17-20(34-2)12-13-22(23)29/h3-13,17,21H,14-16H2,1-2H3,(H2,27,28,31)/t21-/m0/s1. The third kappa shape index (κ3) is 5.60. The molecular weight excluding hydrogens is 482 g/mol. The van der Waals surface area contributed by atoms with Crippen molar-refractivity contribution in [3.63, 3.8) is 0 Å². The van der Waals surface area contributed by atoms with Crippen LogP contribution >= 0.6 is 0 Å². The van der Waals surface area contributed by atoms with Crippen LogP contribution in [0.4, 0.5) is 10.5 Å². The second-order valence-corrected chi connectivity index (χ2v) is 9.91. The Hall–Kier alpha value is -4.05. The van der Waals surface area contributed by atoms with Gasteiger partial charge in [-0.3, -0.25) is 4.79 Å². The molecule has 0 saturated heterocycles. The van der Waals surface area contributed by atoms with Crippen LogP contribution in [0.5, 0.6) is 11.5 Å². The van der Waals surface area contributed by atoms with E-state index in [0.717, 1.165) is 5.56 Å². The molecule has 0 unspecified atom stereocenters. The number of fused-ring (bicyclic) bond motifs is 1. The van der Waals surface area contributed by atoms with E-state index in [1.165, 1.54) is 18.1 Å². The predicted molar refractivity (Wildman–Crippen MR) is 135 cm³/mol. The summed E-state index contributed by atoms with van der Waals surface area (Å²) >= 11 is 0. The number of anilines is 1. The predicted octanol–water partition coefficient (Wildman–Crippen LogP) is 3.03. The number of ether oxygens (including phenoxy) is 2. The van der Waals surface area contributed by atoms with Crippen molar-refractivity contribution in [1.29, 1.82) is 0 Å². The van der Waals surface area contributed by atoms with Gasteiger partial charge in [0, 0.05) is 12.5 Å². The lowest BCUT2D eigenvalue weighted by Gasteiger charge is -2.32. The summed E-state index contributed by atoms with van der Waals surface area (Å²) in [5, 5.41) is 2.58. The SMILES string of the molecule is COc1ccc2c(c1)OCCN2C(=O)[C@H](Cc1ccccc1)NC(=O)NS(=O)(=O)c1ccccc1C. The van der Waals surface area contributed by atoms with E-state index < -0.39 is 28.0 Å². The van der Waals surface area contributed by atoms with E-state index in [4.69, 9.17) is 9.47 Å². The molecule has 9 nitrogen and oxygen atoms in total. The smallest absolute Gasteiger partial charge is 0.329 e. The number of methoxy groups -OCH3 is 1. The third-order valence-corrected chi connectivity index (χ3v) is 7.28. The average Bonchev–Trinajstić information content (AvgIpc) is 2.87. The zero-order valence-corrected chi connectivity index (χ0v) is 20.7. The Morgan fingerprint density at radius 1 is 1.06 bits per heavy atom. The van der Waals surface area contributed by atoms with Crippen LogP contribution in [0.25, 0.3) is 0 Å². The van der Waals surface area contributed by atoms with E-state index in [9.17, 15) is 18.0 Å². The lowest BCUT2D eigenvalue weighted by atomic mass is 10.0. The van der Waals surface area contributed by atoms with Gasteiger partial charge in [-0.25, -0.2) is 17.9 Å². The van der Waals surface area contributed by atoms with Gasteiger partial charge in [0.2, 0.25) is 5.91 Å². The van der Waals surface area contributed by atoms with Crippen LogP contribution in [0.3, 0.4) is 0 Å². The van der Waals surface area contributed by atoms with Crippen molar-refractivity contribution in [1.82, 2.24) is 10.0 Å². The summed E-state index contributed by atoms with van der Waals surface area (Å²) in [6, 6.07) is 18.6. The first-order valence-electron chi connectivity index (χ1n) is 11.3. The number of hydrogen-bond acceptors (Lipinski definition) is 6. The van der Waals surface area contributed by atoms with Crippen LogP contribution in [0.2, 0.25) is 0 Å². The molecule has 0 saturated carbocycles. The lowest BCUT2D eigenvalue weighted by molar-refractivity contribution is -0.120. The summed E-state index contributed by atoms with van der Waals surface area (Å²) in [6.45, 7) is 2.17. The number of carbonyl (C=O) groups is 2. The topological polar surface area (TPSA) is 114 Å². The molecule has 0 bridgehead atoms. The number of sulfonamides is 1. The van der Waals surface area contributed by atoms with Gasteiger partial charge in [0.05, 0.1) is 24.2 Å². The van der Waals surface area contributed by atoms with Gasteiger partial charge in [-0.05, 0) is 36.2 Å². The van der Waals surface area contributed by atoms with E-state index in [1.807, 2.05) is 35.1 Å². The summed E-state index contributed by atoms with van der Waals surface area (Å²) < 4.78 is 38.6. The minimum Gasteiger partial charge on any atom is -0.497 e. The molecule has 0 aromatic heterocycles. The molecule has 2 N–H and O–H groups in total. The number of nitrogens with zero attached hydrogens (tertiary/aromatic N) is 1. The minimum absolute atomic E-state index is 0.0119. The Bertz CT molecular complexity index is 1360. The number of nitrogens with one attached hydrogen (secondary N) is 2. The quantitative estimate of drug-likeness (QED) is 0.506. The number of benzene rings is 3. The number of carbonyl (C=O) groups excluding carboxylic acids is 2. The van der Waals surface area contributed by atoms with E-state index >= 15 is 0 Å². The summed E-state index contributed by atoms with van der Waals surface area (Å²) in [4.78, 5) is 28.1. The van der Waals surface area contributed by atoms with Crippen molar-refractivity contribution in [3.05, 3.63) is 83.9 Å². The highest BCUT2D eigenvalue weighted by molar-refractivity contribution is 7.90. The third-order valence-electron chi connectivity index (χ3n) is 5.79. The largest absolute Gasteiger partial charge is 0.497 e. The molecule has 1 atom stereocenters. The van der Waals surface area contributed by atoms with Crippen LogP contribution in [0.15, 0.2) is 77.7 Å². The fraction of sp³-hybridized carbons (Fsp3) is 0.231. The van der Waals surface area contributed by atoms with E-state index in [2.05, 4.69) is 5.32 Å². The second kappa shape index (κ2) is 10.7. The first-order chi connectivity index (χ1) is 17.3. The van der Waals surface area contributed by atoms with Crippen LogP contribution in [-0.4, -0.2) is 46.7 Å². The van der Waals surface area contributed by atoms with E-state index in [0.29, 0.717) is 22.7 Å². The van der Waals surface area contributed by atoms with Crippen molar-refractivity contribution in [2.24, 2.45) is 0 Å². The Kier molecular flexibility index (Phi) is 7.44. The normalized spacial score (nSPS) is 13.7. The molecule has 1 aliphatic heterocycles. The van der Waals surface area contributed by atoms with Crippen molar-refractivity contribution >= 4 is 27.6 Å². The number of urea groups is 1. The highest BCUT2D eigenvalue weighted by atomic mass is 32.2. The second-order valence-electron chi connectivity index (χ2n) is 8.26. The Labute approximate surface area is 210 Å². The Morgan fingerprint density at radius 2 is 1.78 bits per heavy atom. The van der Waals surface area contributed by atoms with Gasteiger partial charge < -0.3 is 19.7 Å². The summed E-state index contributed by atoms with van der Waals surface area (Å²) in [5.41, 5.74) is 1.84. The number of aryl methyl sites for hydroxylation is 1. The maximum Gasteiger partial charge on any atom is 0.329 e. The molecule has 3 amide bonds. The first kappa shape index (κ1) is 25.1. The van der Waals surface area contributed by atoms with Crippen molar-refractivity contribution in [2.45, 2.75) is 24.3 Å². The molecule has 188 valence electrons. The molecule has 36 heavy (non-hydrogen) atoms. The van der Waals surface area contributed by atoms with Gasteiger partial charge in [0.1, 0.15) is 24.1 Å². The number of rotatable bonds is 7. The zero-order valence-electron chi connectivity index (χ0n) is 19.9. The zero-order chi connectivity index (χ0) is 25.7. The van der Waals surface area contributed by atoms with Crippen LogP contribution in [-0.2, 0) is 21.2 Å². The number of hydrogen-bond donors (Lipinski definition) is 2. The molecule has 10 heteroatoms. The molecule has 4 rings (SSSR count). The maximum absolute atomic E-state index is 13.7. The Balaban J connectivity index is 1.59. The van der Waals surface area contributed by atoms with Crippen molar-refractivity contribution in [3.8, 4) is 11.5 Å². The highest BCUT2D eigenvalue weighted by Crippen LogP contribution is 2.35. The van der Waals surface area contributed by atoms with Crippen LogP contribution in [0, 0.1) is 6.92 Å². The van der Waals surface area contributed by atoms with Crippen molar-refractivity contribution in [2.75, 3.05) is 25.2 Å². The first-order valence-corrected chi connectivity index (χ1v) is 12.8. The molecule has 0 radical (unpaired) electrons. The molecule has 1 heterocycles. The lowest BCUT2D eigenvalue weighted by Crippen LogP contribution is -2.54.